The summed E-state index contributed by atoms with van der Waals surface area (Å²) in [6.07, 6.45) is 4.68. The number of rotatable bonds is 13. The molecule has 10 heteroatoms. The van der Waals surface area contributed by atoms with Crippen LogP contribution in [0.1, 0.15) is 37.3 Å². The lowest BCUT2D eigenvalue weighted by atomic mass is 10.0. The van der Waals surface area contributed by atoms with Crippen molar-refractivity contribution in [3.63, 3.8) is 0 Å². The number of carbonyl (C=O) groups excluding carboxylic acids is 1. The van der Waals surface area contributed by atoms with E-state index in [1.54, 1.807) is 24.3 Å². The van der Waals surface area contributed by atoms with Crippen LogP contribution in [0.15, 0.2) is 58.3 Å². The monoisotopic (exact) mass is 482 g/mol. The molecule has 32 heavy (non-hydrogen) atoms. The van der Waals surface area contributed by atoms with Crippen molar-refractivity contribution in [2.75, 3.05) is 20.2 Å². The molecule has 0 heterocycles. The van der Waals surface area contributed by atoms with Crippen LogP contribution in [0.25, 0.3) is 0 Å². The summed E-state index contributed by atoms with van der Waals surface area (Å²) < 4.78 is 57.3. The van der Waals surface area contributed by atoms with Crippen molar-refractivity contribution in [1.29, 1.82) is 0 Å². The average Bonchev–Trinajstić information content (AvgIpc) is 2.77. The Morgan fingerprint density at radius 2 is 1.25 bits per heavy atom. The Morgan fingerprint density at radius 1 is 0.781 bits per heavy atom. The van der Waals surface area contributed by atoms with Gasteiger partial charge in [0.15, 0.2) is 0 Å². The molecule has 0 unspecified atom stereocenters. The molecular formula is C22H30N2O6S2. The van der Waals surface area contributed by atoms with E-state index in [4.69, 9.17) is 4.74 Å². The SMILES string of the molecule is CNS(=O)(=O)c1ccc(CCCCCc2ccc(S(=O)(=O)NCCOC(C)=O)cc2)cc1. The van der Waals surface area contributed by atoms with Crippen LogP contribution in [0.3, 0.4) is 0 Å². The predicted octanol–water partition coefficient (Wildman–Crippen LogP) is 2.39. The number of sulfonamides is 2. The number of esters is 1. The Morgan fingerprint density at radius 3 is 1.69 bits per heavy atom. The molecule has 0 aliphatic carbocycles. The van der Waals surface area contributed by atoms with Crippen molar-refractivity contribution in [3.8, 4) is 0 Å². The number of unbranched alkanes of at least 4 members (excludes halogenated alkanes) is 2. The van der Waals surface area contributed by atoms with Crippen LogP contribution in [0.2, 0.25) is 0 Å². The first kappa shape index (κ1) is 26.0. The predicted molar refractivity (Wildman–Crippen MR) is 122 cm³/mol. The van der Waals surface area contributed by atoms with Crippen molar-refractivity contribution in [3.05, 3.63) is 59.7 Å². The van der Waals surface area contributed by atoms with E-state index in [0.29, 0.717) is 0 Å². The van der Waals surface area contributed by atoms with E-state index in [2.05, 4.69) is 9.44 Å². The first-order valence-electron chi connectivity index (χ1n) is 10.4. The van der Waals surface area contributed by atoms with Crippen LogP contribution in [-0.4, -0.2) is 43.0 Å². The van der Waals surface area contributed by atoms with Gasteiger partial charge < -0.3 is 4.74 Å². The van der Waals surface area contributed by atoms with Gasteiger partial charge in [-0.05, 0) is 68.1 Å². The average molecular weight is 483 g/mol. The topological polar surface area (TPSA) is 119 Å². The summed E-state index contributed by atoms with van der Waals surface area (Å²) in [6, 6.07) is 13.7. The van der Waals surface area contributed by atoms with Gasteiger partial charge in [-0.1, -0.05) is 30.7 Å². The number of hydrogen-bond acceptors (Lipinski definition) is 6. The standard InChI is InChI=1S/C22H30N2O6S2/c1-18(25)30-17-16-24-32(28,29)22-14-10-20(11-15-22)7-5-3-4-6-19-8-12-21(13-9-19)31(26,27)23-2/h8-15,23-24H,3-7,16-17H2,1-2H3. The minimum absolute atomic E-state index is 0.00810. The molecule has 0 aromatic heterocycles. The van der Waals surface area contributed by atoms with E-state index < -0.39 is 26.0 Å². The number of ether oxygens (including phenoxy) is 1. The highest BCUT2D eigenvalue weighted by atomic mass is 32.2. The van der Waals surface area contributed by atoms with Gasteiger partial charge in [0.1, 0.15) is 6.61 Å². The maximum Gasteiger partial charge on any atom is 0.302 e. The Hall–Kier alpha value is -2.27. The Balaban J connectivity index is 1.73. The molecule has 0 bridgehead atoms. The Bertz CT molecular complexity index is 1080. The molecule has 2 N–H and O–H groups in total. The van der Waals surface area contributed by atoms with E-state index in [0.717, 1.165) is 43.2 Å². The van der Waals surface area contributed by atoms with E-state index >= 15 is 0 Å². The summed E-state index contributed by atoms with van der Waals surface area (Å²) in [5.41, 5.74) is 2.15. The van der Waals surface area contributed by atoms with Gasteiger partial charge in [0.2, 0.25) is 20.0 Å². The molecule has 0 amide bonds. The second-order valence-electron chi connectivity index (χ2n) is 7.29. The molecule has 0 aliphatic heterocycles. The zero-order valence-corrected chi connectivity index (χ0v) is 20.0. The molecule has 0 saturated heterocycles. The fourth-order valence-corrected chi connectivity index (χ4v) is 4.82. The molecule has 0 radical (unpaired) electrons. The third-order valence-corrected chi connectivity index (χ3v) is 7.77. The number of carbonyl (C=O) groups is 1. The van der Waals surface area contributed by atoms with E-state index in [1.165, 1.54) is 14.0 Å². The largest absolute Gasteiger partial charge is 0.464 e. The minimum atomic E-state index is -3.63. The number of benzene rings is 2. The van der Waals surface area contributed by atoms with Gasteiger partial charge in [0.05, 0.1) is 9.79 Å². The molecule has 2 aromatic carbocycles. The molecule has 0 spiro atoms. The zero-order chi connectivity index (χ0) is 23.6. The molecule has 176 valence electrons. The fraction of sp³-hybridized carbons (Fsp3) is 0.409. The Kier molecular flexibility index (Phi) is 9.83. The van der Waals surface area contributed by atoms with Crippen molar-refractivity contribution < 1.29 is 26.4 Å². The molecular weight excluding hydrogens is 452 g/mol. The van der Waals surface area contributed by atoms with E-state index in [1.807, 2.05) is 24.3 Å². The molecule has 0 aliphatic rings. The number of nitrogens with one attached hydrogen (secondary N) is 2. The number of aryl methyl sites for hydroxylation is 2. The lowest BCUT2D eigenvalue weighted by Gasteiger charge is -2.08. The van der Waals surface area contributed by atoms with Gasteiger partial charge in [-0.3, -0.25) is 4.79 Å². The first-order valence-corrected chi connectivity index (χ1v) is 13.3. The van der Waals surface area contributed by atoms with Gasteiger partial charge in [0.25, 0.3) is 0 Å². The fourth-order valence-electron chi connectivity index (χ4n) is 3.08. The van der Waals surface area contributed by atoms with Gasteiger partial charge in [-0.2, -0.15) is 0 Å². The van der Waals surface area contributed by atoms with Crippen LogP contribution in [0, 0.1) is 0 Å². The van der Waals surface area contributed by atoms with Crippen molar-refractivity contribution >= 4 is 26.0 Å². The molecule has 0 saturated carbocycles. The van der Waals surface area contributed by atoms with Gasteiger partial charge >= 0.3 is 5.97 Å². The van der Waals surface area contributed by atoms with Gasteiger partial charge in [-0.25, -0.2) is 26.3 Å². The highest BCUT2D eigenvalue weighted by Crippen LogP contribution is 2.15. The van der Waals surface area contributed by atoms with Crippen molar-refractivity contribution in [2.24, 2.45) is 0 Å². The lowest BCUT2D eigenvalue weighted by molar-refractivity contribution is -0.140. The summed E-state index contributed by atoms with van der Waals surface area (Å²) >= 11 is 0. The maximum atomic E-state index is 12.2. The van der Waals surface area contributed by atoms with Crippen LogP contribution < -0.4 is 9.44 Å². The van der Waals surface area contributed by atoms with Crippen LogP contribution in [0.5, 0.6) is 0 Å². The van der Waals surface area contributed by atoms with Crippen molar-refractivity contribution in [1.82, 2.24) is 9.44 Å². The van der Waals surface area contributed by atoms with Crippen LogP contribution >= 0.6 is 0 Å². The maximum absolute atomic E-state index is 12.2. The first-order chi connectivity index (χ1) is 15.1. The molecule has 0 fully saturated rings. The summed E-state index contributed by atoms with van der Waals surface area (Å²) in [4.78, 5) is 11.1. The zero-order valence-electron chi connectivity index (χ0n) is 18.3. The quantitative estimate of drug-likeness (QED) is 0.334. The van der Waals surface area contributed by atoms with Crippen molar-refractivity contribution in [2.45, 2.75) is 48.8 Å². The molecule has 8 nitrogen and oxygen atoms in total. The number of hydrogen-bond donors (Lipinski definition) is 2. The van der Waals surface area contributed by atoms with Gasteiger partial charge in [-0.15, -0.1) is 0 Å². The second-order valence-corrected chi connectivity index (χ2v) is 10.9. The molecule has 0 atom stereocenters. The minimum Gasteiger partial charge on any atom is -0.464 e. The summed E-state index contributed by atoms with van der Waals surface area (Å²) in [7, 11) is -5.65. The molecule has 2 aromatic rings. The summed E-state index contributed by atoms with van der Waals surface area (Å²) in [5, 5.41) is 0. The van der Waals surface area contributed by atoms with Crippen LogP contribution in [-0.2, 0) is 42.4 Å². The van der Waals surface area contributed by atoms with Gasteiger partial charge in [0, 0.05) is 13.5 Å². The van der Waals surface area contributed by atoms with E-state index in [-0.39, 0.29) is 22.9 Å². The highest BCUT2D eigenvalue weighted by molar-refractivity contribution is 7.89. The third-order valence-electron chi connectivity index (χ3n) is 4.87. The second kappa shape index (κ2) is 12.1. The third kappa shape index (κ3) is 8.34. The smallest absolute Gasteiger partial charge is 0.302 e. The summed E-state index contributed by atoms with van der Waals surface area (Å²) in [5.74, 6) is -0.452. The lowest BCUT2D eigenvalue weighted by Crippen LogP contribution is -2.28. The normalized spacial score (nSPS) is 11.9. The molecule has 2 rings (SSSR count). The summed E-state index contributed by atoms with van der Waals surface area (Å²) in [6.45, 7) is 1.29. The van der Waals surface area contributed by atoms with E-state index in [9.17, 15) is 21.6 Å². The Labute approximate surface area is 190 Å². The highest BCUT2D eigenvalue weighted by Gasteiger charge is 2.13. The van der Waals surface area contributed by atoms with Crippen LogP contribution in [0.4, 0.5) is 0 Å².